The minimum absolute atomic E-state index is 0.254. The molecule has 6 heteroatoms. The quantitative estimate of drug-likeness (QED) is 0.899. The SMILES string of the molecule is Cc1csc(C(N)c2c(Br)cnn2C(C)C)c1Cl. The molecule has 0 aliphatic rings. The third-order valence-electron chi connectivity index (χ3n) is 2.78. The van der Waals surface area contributed by atoms with E-state index in [9.17, 15) is 0 Å². The fourth-order valence-electron chi connectivity index (χ4n) is 1.84. The van der Waals surface area contributed by atoms with Gasteiger partial charge in [-0.3, -0.25) is 4.68 Å². The lowest BCUT2D eigenvalue weighted by molar-refractivity contribution is 0.499. The Kier molecular flexibility index (Phi) is 4.16. The van der Waals surface area contributed by atoms with Gasteiger partial charge in [0.2, 0.25) is 0 Å². The Labute approximate surface area is 124 Å². The molecule has 2 N–H and O–H groups in total. The Bertz CT molecular complexity index is 562. The van der Waals surface area contributed by atoms with Gasteiger partial charge in [0.15, 0.2) is 0 Å². The molecule has 0 aliphatic heterocycles. The molecule has 2 aromatic heterocycles. The van der Waals surface area contributed by atoms with Gasteiger partial charge >= 0.3 is 0 Å². The standard InChI is InChI=1S/C12H15BrClN3S/c1-6(2)17-11(8(13)4-16-17)10(15)12-9(14)7(3)5-18-12/h4-6,10H,15H2,1-3H3. The number of hydrogen-bond donors (Lipinski definition) is 1. The zero-order valence-electron chi connectivity index (χ0n) is 10.4. The van der Waals surface area contributed by atoms with Gasteiger partial charge in [-0.15, -0.1) is 11.3 Å². The van der Waals surface area contributed by atoms with E-state index < -0.39 is 0 Å². The number of thiophene rings is 1. The summed E-state index contributed by atoms with van der Waals surface area (Å²) in [7, 11) is 0. The molecule has 0 saturated carbocycles. The molecule has 0 aliphatic carbocycles. The second kappa shape index (κ2) is 5.33. The molecule has 2 heterocycles. The third-order valence-corrected chi connectivity index (χ3v) is 5.19. The molecule has 2 aromatic rings. The summed E-state index contributed by atoms with van der Waals surface area (Å²) >= 11 is 11.4. The second-order valence-corrected chi connectivity index (χ2v) is 6.63. The molecule has 18 heavy (non-hydrogen) atoms. The summed E-state index contributed by atoms with van der Waals surface area (Å²) in [5.41, 5.74) is 8.38. The van der Waals surface area contributed by atoms with Crippen LogP contribution in [0.25, 0.3) is 0 Å². The number of hydrogen-bond acceptors (Lipinski definition) is 3. The van der Waals surface area contributed by atoms with Crippen molar-refractivity contribution in [3.63, 3.8) is 0 Å². The highest BCUT2D eigenvalue weighted by molar-refractivity contribution is 9.10. The van der Waals surface area contributed by atoms with Crippen molar-refractivity contribution >= 4 is 38.9 Å². The summed E-state index contributed by atoms with van der Waals surface area (Å²) in [4.78, 5) is 0.984. The summed E-state index contributed by atoms with van der Waals surface area (Å²) in [6.45, 7) is 6.15. The molecule has 2 rings (SSSR count). The zero-order valence-corrected chi connectivity index (χ0v) is 13.6. The minimum Gasteiger partial charge on any atom is -0.318 e. The van der Waals surface area contributed by atoms with Gasteiger partial charge in [-0.05, 0) is 47.6 Å². The van der Waals surface area contributed by atoms with Crippen molar-refractivity contribution in [1.29, 1.82) is 0 Å². The average Bonchev–Trinajstić information content (AvgIpc) is 2.84. The maximum absolute atomic E-state index is 6.35. The van der Waals surface area contributed by atoms with Crippen LogP contribution in [-0.4, -0.2) is 9.78 Å². The number of rotatable bonds is 3. The number of nitrogens with zero attached hydrogens (tertiary/aromatic N) is 2. The van der Waals surface area contributed by atoms with E-state index in [4.69, 9.17) is 17.3 Å². The van der Waals surface area contributed by atoms with Crippen LogP contribution in [0.15, 0.2) is 16.0 Å². The number of aryl methyl sites for hydroxylation is 1. The molecule has 0 bridgehead atoms. The molecule has 3 nitrogen and oxygen atoms in total. The predicted octanol–water partition coefficient (Wildman–Crippen LogP) is 4.30. The molecule has 0 radical (unpaired) electrons. The Balaban J connectivity index is 2.49. The van der Waals surface area contributed by atoms with Crippen LogP contribution >= 0.6 is 38.9 Å². The van der Waals surface area contributed by atoms with Crippen molar-refractivity contribution in [1.82, 2.24) is 9.78 Å². The lowest BCUT2D eigenvalue weighted by Gasteiger charge is -2.17. The summed E-state index contributed by atoms with van der Waals surface area (Å²) in [5, 5.41) is 7.14. The van der Waals surface area contributed by atoms with Gasteiger partial charge in [0.05, 0.1) is 27.4 Å². The van der Waals surface area contributed by atoms with Gasteiger partial charge in [0.1, 0.15) is 0 Å². The van der Waals surface area contributed by atoms with Crippen LogP contribution in [0.3, 0.4) is 0 Å². The minimum atomic E-state index is -0.254. The average molecular weight is 349 g/mol. The largest absolute Gasteiger partial charge is 0.318 e. The molecule has 0 fully saturated rings. The summed E-state index contributed by atoms with van der Waals surface area (Å²) in [5.74, 6) is 0. The maximum atomic E-state index is 6.35. The molecular formula is C12H15BrClN3S. The third kappa shape index (κ3) is 2.37. The normalized spacial score (nSPS) is 13.3. The van der Waals surface area contributed by atoms with Crippen molar-refractivity contribution in [3.05, 3.63) is 37.2 Å². The van der Waals surface area contributed by atoms with Crippen LogP contribution in [0, 0.1) is 6.92 Å². The number of aromatic nitrogens is 2. The monoisotopic (exact) mass is 347 g/mol. The van der Waals surface area contributed by atoms with Crippen molar-refractivity contribution in [2.45, 2.75) is 32.9 Å². The Morgan fingerprint density at radius 2 is 2.17 bits per heavy atom. The topological polar surface area (TPSA) is 43.8 Å². The van der Waals surface area contributed by atoms with E-state index >= 15 is 0 Å². The Morgan fingerprint density at radius 1 is 1.50 bits per heavy atom. The van der Waals surface area contributed by atoms with Gasteiger partial charge in [-0.1, -0.05) is 11.6 Å². The highest BCUT2D eigenvalue weighted by Gasteiger charge is 2.23. The van der Waals surface area contributed by atoms with Crippen molar-refractivity contribution in [3.8, 4) is 0 Å². The highest BCUT2D eigenvalue weighted by Crippen LogP contribution is 2.37. The van der Waals surface area contributed by atoms with Gasteiger partial charge in [0, 0.05) is 10.9 Å². The first-order valence-electron chi connectivity index (χ1n) is 5.65. The lowest BCUT2D eigenvalue weighted by Crippen LogP contribution is -2.18. The fraction of sp³-hybridized carbons (Fsp3) is 0.417. The maximum Gasteiger partial charge on any atom is 0.0843 e. The number of nitrogens with two attached hydrogens (primary N) is 1. The molecule has 1 atom stereocenters. The van der Waals surface area contributed by atoms with Gasteiger partial charge < -0.3 is 5.73 Å². The van der Waals surface area contributed by atoms with E-state index in [2.05, 4.69) is 34.9 Å². The second-order valence-electron chi connectivity index (χ2n) is 4.49. The first-order valence-corrected chi connectivity index (χ1v) is 7.70. The van der Waals surface area contributed by atoms with Crippen LogP contribution in [0.4, 0.5) is 0 Å². The molecule has 0 spiro atoms. The van der Waals surface area contributed by atoms with E-state index in [1.165, 1.54) is 0 Å². The van der Waals surface area contributed by atoms with Gasteiger partial charge in [-0.25, -0.2) is 0 Å². The van der Waals surface area contributed by atoms with Gasteiger partial charge in [0.25, 0.3) is 0 Å². The molecule has 0 saturated heterocycles. The smallest absolute Gasteiger partial charge is 0.0843 e. The van der Waals surface area contributed by atoms with Crippen molar-refractivity contribution in [2.24, 2.45) is 5.73 Å². The Hall–Kier alpha value is -0.360. The van der Waals surface area contributed by atoms with Crippen molar-refractivity contribution < 1.29 is 0 Å². The van der Waals surface area contributed by atoms with E-state index in [0.29, 0.717) is 0 Å². The molecule has 0 amide bonds. The van der Waals surface area contributed by atoms with E-state index in [-0.39, 0.29) is 12.1 Å². The van der Waals surface area contributed by atoms with Crippen LogP contribution in [0.5, 0.6) is 0 Å². The summed E-state index contributed by atoms with van der Waals surface area (Å²) in [6.07, 6.45) is 1.78. The molecule has 0 aromatic carbocycles. The van der Waals surface area contributed by atoms with E-state index in [1.54, 1.807) is 17.5 Å². The summed E-state index contributed by atoms with van der Waals surface area (Å²) < 4.78 is 2.85. The van der Waals surface area contributed by atoms with Crippen LogP contribution in [0.2, 0.25) is 5.02 Å². The van der Waals surface area contributed by atoms with Gasteiger partial charge in [-0.2, -0.15) is 5.10 Å². The van der Waals surface area contributed by atoms with Crippen LogP contribution in [0.1, 0.15) is 42.1 Å². The molecular weight excluding hydrogens is 334 g/mol. The van der Waals surface area contributed by atoms with E-state index in [1.807, 2.05) is 17.0 Å². The predicted molar refractivity (Wildman–Crippen MR) is 80.4 cm³/mol. The molecule has 98 valence electrons. The highest BCUT2D eigenvalue weighted by atomic mass is 79.9. The van der Waals surface area contributed by atoms with E-state index in [0.717, 1.165) is 25.6 Å². The van der Waals surface area contributed by atoms with Crippen molar-refractivity contribution in [2.75, 3.05) is 0 Å². The summed E-state index contributed by atoms with van der Waals surface area (Å²) in [6, 6.07) is 0.00709. The fourth-order valence-corrected chi connectivity index (χ4v) is 3.67. The van der Waals surface area contributed by atoms with Crippen LogP contribution < -0.4 is 5.73 Å². The molecule has 1 unspecified atom stereocenters. The van der Waals surface area contributed by atoms with Crippen LogP contribution in [-0.2, 0) is 0 Å². The Morgan fingerprint density at radius 3 is 2.67 bits per heavy atom. The first kappa shape index (κ1) is 14.1. The lowest BCUT2D eigenvalue weighted by atomic mass is 10.1. The zero-order chi connectivity index (χ0) is 13.4. The first-order chi connectivity index (χ1) is 8.43. The number of halogens is 2.